The van der Waals surface area contributed by atoms with Gasteiger partial charge in [0.25, 0.3) is 10.1 Å². The zero-order valence-corrected chi connectivity index (χ0v) is 12.7. The second kappa shape index (κ2) is 6.65. The number of nitrogens with zero attached hydrogens (tertiary/aromatic N) is 1. The maximum Gasteiger partial charge on any atom is 0.346 e. The van der Waals surface area contributed by atoms with E-state index in [4.69, 9.17) is 14.3 Å². The first-order chi connectivity index (χ1) is 8.66. The molecule has 1 rings (SSSR count). The van der Waals surface area contributed by atoms with Crippen molar-refractivity contribution in [1.29, 1.82) is 0 Å². The molecule has 1 saturated heterocycles. The van der Waals surface area contributed by atoms with E-state index in [0.29, 0.717) is 6.42 Å². The minimum Gasteiger partial charge on any atom is -0.323 e. The van der Waals surface area contributed by atoms with E-state index in [2.05, 4.69) is 4.90 Å². The van der Waals surface area contributed by atoms with E-state index in [1.165, 1.54) is 0 Å². The predicted molar refractivity (Wildman–Crippen MR) is 71.5 cm³/mol. The monoisotopic (exact) mass is 315 g/mol. The lowest BCUT2D eigenvalue weighted by Gasteiger charge is -2.36. The Morgan fingerprint density at radius 2 is 2.00 bits per heavy atom. The quantitative estimate of drug-likeness (QED) is 0.495. The van der Waals surface area contributed by atoms with Gasteiger partial charge < -0.3 is 14.7 Å². The first kappa shape index (κ1) is 17.1. The van der Waals surface area contributed by atoms with Crippen LogP contribution in [0.2, 0.25) is 0 Å². The fourth-order valence-corrected chi connectivity index (χ4v) is 4.95. The lowest BCUT2D eigenvalue weighted by Crippen LogP contribution is -2.42. The summed E-state index contributed by atoms with van der Waals surface area (Å²) in [5.41, 5.74) is 0. The van der Waals surface area contributed by atoms with Crippen LogP contribution in [0.25, 0.3) is 0 Å². The highest BCUT2D eigenvalue weighted by Crippen LogP contribution is 2.47. The van der Waals surface area contributed by atoms with Crippen molar-refractivity contribution in [3.63, 3.8) is 0 Å². The highest BCUT2D eigenvalue weighted by molar-refractivity contribution is 7.93. The lowest BCUT2D eigenvalue weighted by atomic mass is 10.00. The summed E-state index contributed by atoms with van der Waals surface area (Å²) in [4.78, 5) is 18.3. The zero-order chi connectivity index (χ0) is 14.7. The fourth-order valence-electron chi connectivity index (χ4n) is 2.57. The summed E-state index contributed by atoms with van der Waals surface area (Å²) in [6, 6.07) is -0.201. The van der Waals surface area contributed by atoms with E-state index in [-0.39, 0.29) is 12.5 Å². The SMILES string of the molecule is CCCN1CCCCC1CC(P(=O)(O)O)S(=O)(=O)O. The number of hydrogen-bond donors (Lipinski definition) is 3. The van der Waals surface area contributed by atoms with Gasteiger partial charge in [0.05, 0.1) is 0 Å². The molecule has 7 nitrogen and oxygen atoms in total. The van der Waals surface area contributed by atoms with Gasteiger partial charge in [-0.15, -0.1) is 0 Å². The fraction of sp³-hybridized carbons (Fsp3) is 1.00. The molecule has 0 aromatic rings. The molecule has 3 N–H and O–H groups in total. The van der Waals surface area contributed by atoms with Gasteiger partial charge in [0, 0.05) is 6.04 Å². The normalized spacial score (nSPS) is 24.3. The van der Waals surface area contributed by atoms with E-state index in [0.717, 1.165) is 32.4 Å². The number of likely N-dealkylation sites (tertiary alicyclic amines) is 1. The topological polar surface area (TPSA) is 115 Å². The molecule has 19 heavy (non-hydrogen) atoms. The third-order valence-electron chi connectivity index (χ3n) is 3.45. The second-order valence-corrected chi connectivity index (χ2v) is 8.73. The molecule has 0 saturated carbocycles. The van der Waals surface area contributed by atoms with Crippen LogP contribution >= 0.6 is 7.60 Å². The van der Waals surface area contributed by atoms with Gasteiger partial charge in [0.15, 0.2) is 4.99 Å². The van der Waals surface area contributed by atoms with Crippen LogP contribution in [0.5, 0.6) is 0 Å². The van der Waals surface area contributed by atoms with Gasteiger partial charge in [-0.05, 0) is 38.8 Å². The van der Waals surface area contributed by atoms with E-state index in [1.807, 2.05) is 6.92 Å². The molecule has 9 heteroatoms. The summed E-state index contributed by atoms with van der Waals surface area (Å²) < 4.78 is 42.6. The Morgan fingerprint density at radius 1 is 1.37 bits per heavy atom. The third-order valence-corrected chi connectivity index (χ3v) is 6.92. The van der Waals surface area contributed by atoms with Crippen LogP contribution < -0.4 is 0 Å². The van der Waals surface area contributed by atoms with Gasteiger partial charge in [-0.3, -0.25) is 9.12 Å². The molecule has 0 aromatic carbocycles. The summed E-state index contributed by atoms with van der Waals surface area (Å²) in [5, 5.41) is 0. The van der Waals surface area contributed by atoms with Crippen molar-refractivity contribution in [1.82, 2.24) is 4.90 Å². The standard InChI is InChI=1S/C10H22NO6PS/c1-2-6-11-7-4-3-5-9(11)8-10(18(12,13)14)19(15,16)17/h9-10H,2-8H2,1H3,(H2,12,13,14)(H,15,16,17). The summed E-state index contributed by atoms with van der Waals surface area (Å²) >= 11 is 0. The Labute approximate surface area is 113 Å². The van der Waals surface area contributed by atoms with E-state index in [9.17, 15) is 13.0 Å². The van der Waals surface area contributed by atoms with Crippen molar-refractivity contribution in [3.8, 4) is 0 Å². The minimum absolute atomic E-state index is 0.201. The summed E-state index contributed by atoms with van der Waals surface area (Å²) in [6.45, 7) is 3.57. The molecule has 1 aliphatic heterocycles. The molecule has 0 spiro atoms. The first-order valence-electron chi connectivity index (χ1n) is 6.41. The van der Waals surface area contributed by atoms with E-state index in [1.54, 1.807) is 0 Å². The molecule has 1 heterocycles. The summed E-state index contributed by atoms with van der Waals surface area (Å²) in [7, 11) is -9.62. The van der Waals surface area contributed by atoms with Crippen molar-refractivity contribution in [2.75, 3.05) is 13.1 Å². The van der Waals surface area contributed by atoms with Gasteiger partial charge in [0.2, 0.25) is 0 Å². The van der Waals surface area contributed by atoms with Crippen LogP contribution in [0.3, 0.4) is 0 Å². The largest absolute Gasteiger partial charge is 0.346 e. The molecular formula is C10H22NO6PS. The second-order valence-electron chi connectivity index (χ2n) is 4.98. The molecule has 0 aliphatic carbocycles. The van der Waals surface area contributed by atoms with Crippen molar-refractivity contribution in [2.24, 2.45) is 0 Å². The predicted octanol–water partition coefficient (Wildman–Crippen LogP) is 1.03. The smallest absolute Gasteiger partial charge is 0.323 e. The molecule has 0 aromatic heterocycles. The van der Waals surface area contributed by atoms with E-state index < -0.39 is 22.7 Å². The van der Waals surface area contributed by atoms with Crippen LogP contribution in [0.15, 0.2) is 0 Å². The van der Waals surface area contributed by atoms with Gasteiger partial charge >= 0.3 is 7.60 Å². The van der Waals surface area contributed by atoms with Gasteiger partial charge in [-0.1, -0.05) is 13.3 Å². The first-order valence-corrected chi connectivity index (χ1v) is 9.60. The van der Waals surface area contributed by atoms with Crippen molar-refractivity contribution >= 4 is 17.7 Å². The van der Waals surface area contributed by atoms with E-state index >= 15 is 0 Å². The number of piperidine rings is 1. The van der Waals surface area contributed by atoms with Crippen molar-refractivity contribution in [3.05, 3.63) is 0 Å². The van der Waals surface area contributed by atoms with Crippen LogP contribution in [0.1, 0.15) is 39.0 Å². The molecule has 0 amide bonds. The molecular weight excluding hydrogens is 293 g/mol. The molecule has 2 unspecified atom stereocenters. The van der Waals surface area contributed by atoms with Crippen LogP contribution in [0.4, 0.5) is 0 Å². The minimum atomic E-state index is -4.87. The van der Waals surface area contributed by atoms with Crippen LogP contribution in [0, 0.1) is 0 Å². The number of hydrogen-bond acceptors (Lipinski definition) is 4. The van der Waals surface area contributed by atoms with Crippen LogP contribution in [-0.2, 0) is 14.7 Å². The number of rotatable bonds is 6. The van der Waals surface area contributed by atoms with Crippen LogP contribution in [-0.4, -0.2) is 51.8 Å². The van der Waals surface area contributed by atoms with Gasteiger partial charge in [0.1, 0.15) is 0 Å². The molecule has 0 radical (unpaired) electrons. The molecule has 1 fully saturated rings. The third kappa shape index (κ3) is 5.13. The zero-order valence-electron chi connectivity index (χ0n) is 11.0. The Balaban J connectivity index is 2.86. The summed E-state index contributed by atoms with van der Waals surface area (Å²) in [5.74, 6) is 0. The molecule has 2 atom stereocenters. The summed E-state index contributed by atoms with van der Waals surface area (Å²) in [6.07, 6.45) is 3.28. The molecule has 0 bridgehead atoms. The average Bonchev–Trinajstić information content (AvgIpc) is 2.25. The van der Waals surface area contributed by atoms with Gasteiger partial charge in [-0.2, -0.15) is 8.42 Å². The highest BCUT2D eigenvalue weighted by atomic mass is 32.2. The maximum atomic E-state index is 11.3. The maximum absolute atomic E-state index is 11.3. The van der Waals surface area contributed by atoms with Crippen molar-refractivity contribution < 1.29 is 27.3 Å². The lowest BCUT2D eigenvalue weighted by molar-refractivity contribution is 0.141. The Morgan fingerprint density at radius 3 is 2.47 bits per heavy atom. The Bertz CT molecular complexity index is 431. The highest BCUT2D eigenvalue weighted by Gasteiger charge is 2.42. The van der Waals surface area contributed by atoms with Crippen molar-refractivity contribution in [2.45, 2.75) is 50.1 Å². The Kier molecular flexibility index (Phi) is 5.97. The molecule has 114 valence electrons. The van der Waals surface area contributed by atoms with Gasteiger partial charge in [-0.25, -0.2) is 0 Å². The molecule has 1 aliphatic rings. The Hall–Kier alpha value is 0.0200. The average molecular weight is 315 g/mol.